The van der Waals surface area contributed by atoms with Crippen LogP contribution in [0.4, 0.5) is 5.00 Å². The summed E-state index contributed by atoms with van der Waals surface area (Å²) in [6, 6.07) is 7.45. The number of carbonyl (C=O) groups excluding carboxylic acids is 3. The summed E-state index contributed by atoms with van der Waals surface area (Å²) in [6.07, 6.45) is 0.0972. The molecule has 28 heavy (non-hydrogen) atoms. The first kappa shape index (κ1) is 21.6. The zero-order valence-corrected chi connectivity index (χ0v) is 17.8. The van der Waals surface area contributed by atoms with Gasteiger partial charge in [-0.2, -0.15) is 0 Å². The van der Waals surface area contributed by atoms with Gasteiger partial charge in [0.15, 0.2) is 0 Å². The van der Waals surface area contributed by atoms with Crippen LogP contribution in [0.3, 0.4) is 0 Å². The summed E-state index contributed by atoms with van der Waals surface area (Å²) in [7, 11) is 0. The van der Waals surface area contributed by atoms with Gasteiger partial charge in [0.05, 0.1) is 5.56 Å². The van der Waals surface area contributed by atoms with Gasteiger partial charge >= 0.3 is 0 Å². The topological polar surface area (TPSA) is 101 Å². The smallest absolute Gasteiger partial charge is 0.251 e. The number of thiophene rings is 1. The van der Waals surface area contributed by atoms with Crippen LogP contribution in [0.1, 0.15) is 63.9 Å². The van der Waals surface area contributed by atoms with Gasteiger partial charge in [0.2, 0.25) is 5.91 Å². The monoisotopic (exact) mass is 401 g/mol. The maximum absolute atomic E-state index is 12.2. The molecule has 1 heterocycles. The molecule has 0 bridgehead atoms. The minimum absolute atomic E-state index is 0.0232. The second-order valence-electron chi connectivity index (χ2n) is 7.73. The van der Waals surface area contributed by atoms with E-state index in [9.17, 15) is 14.4 Å². The summed E-state index contributed by atoms with van der Waals surface area (Å²) < 4.78 is 0. The zero-order chi connectivity index (χ0) is 21.1. The van der Waals surface area contributed by atoms with E-state index in [2.05, 4.69) is 31.4 Å². The fourth-order valence-electron chi connectivity index (χ4n) is 2.71. The number of hydrogen-bond acceptors (Lipinski definition) is 4. The summed E-state index contributed by atoms with van der Waals surface area (Å²) in [5, 5.41) is 5.91. The highest BCUT2D eigenvalue weighted by atomic mass is 32.1. The predicted octanol–water partition coefficient (Wildman–Crippen LogP) is 3.52. The average Bonchev–Trinajstić information content (AvgIpc) is 2.87. The summed E-state index contributed by atoms with van der Waals surface area (Å²) in [5.41, 5.74) is 8.25. The summed E-state index contributed by atoms with van der Waals surface area (Å²) in [5.74, 6) is -1.08. The van der Waals surface area contributed by atoms with E-state index in [-0.39, 0.29) is 30.2 Å². The Hall–Kier alpha value is -2.67. The molecule has 0 unspecified atom stereocenters. The van der Waals surface area contributed by atoms with Crippen LogP contribution in [0.25, 0.3) is 0 Å². The Balaban J connectivity index is 1.90. The molecule has 0 spiro atoms. The molecule has 0 aliphatic heterocycles. The minimum atomic E-state index is -0.566. The lowest BCUT2D eigenvalue weighted by Gasteiger charge is -2.19. The van der Waals surface area contributed by atoms with Gasteiger partial charge in [-0.05, 0) is 42.5 Å². The van der Waals surface area contributed by atoms with Gasteiger partial charge in [0.25, 0.3) is 11.8 Å². The van der Waals surface area contributed by atoms with Crippen molar-refractivity contribution in [2.45, 2.75) is 46.5 Å². The van der Waals surface area contributed by atoms with Gasteiger partial charge in [-0.15, -0.1) is 11.3 Å². The first-order valence-corrected chi connectivity index (χ1v) is 9.90. The quantitative estimate of drug-likeness (QED) is 0.690. The lowest BCUT2D eigenvalue weighted by molar-refractivity contribution is -0.116. The molecule has 0 fully saturated rings. The fourth-order valence-corrected chi connectivity index (χ4v) is 3.80. The molecule has 1 aromatic carbocycles. The van der Waals surface area contributed by atoms with E-state index in [1.807, 2.05) is 19.1 Å². The Kier molecular flexibility index (Phi) is 6.61. The van der Waals surface area contributed by atoms with Gasteiger partial charge in [0, 0.05) is 23.4 Å². The lowest BCUT2D eigenvalue weighted by Crippen LogP contribution is -2.28. The van der Waals surface area contributed by atoms with E-state index < -0.39 is 5.91 Å². The van der Waals surface area contributed by atoms with Crippen LogP contribution >= 0.6 is 11.3 Å². The van der Waals surface area contributed by atoms with Crippen molar-refractivity contribution in [2.24, 2.45) is 5.73 Å². The van der Waals surface area contributed by atoms with E-state index in [0.29, 0.717) is 16.1 Å². The van der Waals surface area contributed by atoms with E-state index in [4.69, 9.17) is 5.73 Å². The molecule has 2 aromatic rings. The highest BCUT2D eigenvalue weighted by Crippen LogP contribution is 2.32. The van der Waals surface area contributed by atoms with E-state index in [1.54, 1.807) is 19.1 Å². The Labute approximate surface area is 169 Å². The van der Waals surface area contributed by atoms with Crippen molar-refractivity contribution in [1.29, 1.82) is 0 Å². The van der Waals surface area contributed by atoms with Crippen LogP contribution in [0.2, 0.25) is 0 Å². The normalized spacial score (nSPS) is 11.2. The third kappa shape index (κ3) is 5.19. The first-order chi connectivity index (χ1) is 13.0. The van der Waals surface area contributed by atoms with Gasteiger partial charge in [-0.1, -0.05) is 32.9 Å². The van der Waals surface area contributed by atoms with Crippen molar-refractivity contribution in [3.05, 3.63) is 51.4 Å². The zero-order valence-electron chi connectivity index (χ0n) is 16.9. The number of primary amides is 1. The minimum Gasteiger partial charge on any atom is -0.365 e. The molecule has 0 saturated heterocycles. The van der Waals surface area contributed by atoms with Crippen molar-refractivity contribution in [1.82, 2.24) is 5.32 Å². The third-order valence-electron chi connectivity index (χ3n) is 4.54. The van der Waals surface area contributed by atoms with Crippen molar-refractivity contribution in [2.75, 3.05) is 11.9 Å². The summed E-state index contributed by atoms with van der Waals surface area (Å²) in [6.45, 7) is 10.2. The van der Waals surface area contributed by atoms with E-state index in [0.717, 1.165) is 16.0 Å². The van der Waals surface area contributed by atoms with Crippen molar-refractivity contribution in [3.63, 3.8) is 0 Å². The van der Waals surface area contributed by atoms with Crippen LogP contribution in [0.5, 0.6) is 0 Å². The Bertz CT molecular complexity index is 893. The number of rotatable bonds is 6. The fraction of sp³-hybridized carbons (Fsp3) is 0.381. The number of amides is 3. The Morgan fingerprint density at radius 2 is 1.68 bits per heavy atom. The lowest BCUT2D eigenvalue weighted by atomic mass is 9.87. The molecule has 1 aromatic heterocycles. The SMILES string of the molecule is Cc1sc(NC(=O)CCNC(=O)c2ccc(C(C)(C)C)cc2)c(C(N)=O)c1C. The molecule has 7 heteroatoms. The average molecular weight is 402 g/mol. The summed E-state index contributed by atoms with van der Waals surface area (Å²) in [4.78, 5) is 36.9. The number of nitrogens with two attached hydrogens (primary N) is 1. The maximum Gasteiger partial charge on any atom is 0.251 e. The Morgan fingerprint density at radius 1 is 1.07 bits per heavy atom. The molecule has 6 nitrogen and oxygen atoms in total. The molecule has 4 N–H and O–H groups in total. The molecule has 3 amide bonds. The third-order valence-corrected chi connectivity index (χ3v) is 5.66. The van der Waals surface area contributed by atoms with Crippen LogP contribution < -0.4 is 16.4 Å². The van der Waals surface area contributed by atoms with Crippen molar-refractivity contribution < 1.29 is 14.4 Å². The first-order valence-electron chi connectivity index (χ1n) is 9.09. The molecule has 0 radical (unpaired) electrons. The van der Waals surface area contributed by atoms with Gasteiger partial charge in [0.1, 0.15) is 5.00 Å². The molecule has 0 atom stereocenters. The standard InChI is InChI=1S/C21H27N3O3S/c1-12-13(2)28-20(17(12)18(22)26)24-16(25)10-11-23-19(27)14-6-8-15(9-7-14)21(3,4)5/h6-9H,10-11H2,1-5H3,(H2,22,26)(H,23,27)(H,24,25). The van der Waals surface area contributed by atoms with E-state index >= 15 is 0 Å². The molecule has 0 aliphatic rings. The Morgan fingerprint density at radius 3 is 2.21 bits per heavy atom. The number of hydrogen-bond donors (Lipinski definition) is 3. The highest BCUT2D eigenvalue weighted by Gasteiger charge is 2.19. The highest BCUT2D eigenvalue weighted by molar-refractivity contribution is 7.16. The number of aryl methyl sites for hydroxylation is 1. The molecular weight excluding hydrogens is 374 g/mol. The van der Waals surface area contributed by atoms with Crippen molar-refractivity contribution >= 4 is 34.1 Å². The van der Waals surface area contributed by atoms with Gasteiger partial charge < -0.3 is 16.4 Å². The number of benzene rings is 1. The number of nitrogens with one attached hydrogen (secondary N) is 2. The van der Waals surface area contributed by atoms with Crippen LogP contribution in [-0.4, -0.2) is 24.3 Å². The number of carbonyl (C=O) groups is 3. The van der Waals surface area contributed by atoms with Gasteiger partial charge in [-0.3, -0.25) is 14.4 Å². The summed E-state index contributed by atoms with van der Waals surface area (Å²) >= 11 is 1.32. The maximum atomic E-state index is 12.2. The second kappa shape index (κ2) is 8.56. The predicted molar refractivity (Wildman–Crippen MR) is 113 cm³/mol. The molecule has 0 saturated carbocycles. The molecule has 2 rings (SSSR count). The number of anilines is 1. The molecule has 150 valence electrons. The largest absolute Gasteiger partial charge is 0.365 e. The van der Waals surface area contributed by atoms with Crippen LogP contribution in [-0.2, 0) is 10.2 Å². The van der Waals surface area contributed by atoms with Crippen LogP contribution in [0, 0.1) is 13.8 Å². The van der Waals surface area contributed by atoms with Gasteiger partial charge in [-0.25, -0.2) is 0 Å². The van der Waals surface area contributed by atoms with E-state index in [1.165, 1.54) is 11.3 Å². The second-order valence-corrected chi connectivity index (χ2v) is 8.96. The molecular formula is C21H27N3O3S. The van der Waals surface area contributed by atoms with Crippen LogP contribution in [0.15, 0.2) is 24.3 Å². The van der Waals surface area contributed by atoms with Crippen molar-refractivity contribution in [3.8, 4) is 0 Å². The molecule has 0 aliphatic carbocycles.